The molecular weight excluding hydrogens is 637 g/mol. The Bertz CT molecular complexity index is 1870. The van der Waals surface area contributed by atoms with Crippen molar-refractivity contribution < 1.29 is 22.8 Å². The van der Waals surface area contributed by atoms with E-state index in [1.807, 2.05) is 95.9 Å². The number of pyridine rings is 2. The van der Waals surface area contributed by atoms with Crippen LogP contribution in [-0.2, 0) is 28.7 Å². The minimum atomic E-state index is -4.57. The third kappa shape index (κ3) is 8.71. The van der Waals surface area contributed by atoms with Gasteiger partial charge in [0, 0.05) is 50.1 Å². The van der Waals surface area contributed by atoms with Crippen LogP contribution in [0.5, 0.6) is 0 Å². The first-order valence-electron chi connectivity index (χ1n) is 16.6. The van der Waals surface area contributed by atoms with Crippen molar-refractivity contribution >= 4 is 17.9 Å². The van der Waals surface area contributed by atoms with Gasteiger partial charge in [0.05, 0.1) is 5.69 Å². The summed E-state index contributed by atoms with van der Waals surface area (Å²) in [6.45, 7) is 1.27. The number of halogens is 3. The van der Waals surface area contributed by atoms with Gasteiger partial charge in [0.15, 0.2) is 0 Å². The second kappa shape index (κ2) is 15.8. The Kier molecular flexibility index (Phi) is 10.8. The van der Waals surface area contributed by atoms with E-state index in [1.54, 1.807) is 11.1 Å². The van der Waals surface area contributed by atoms with Crippen molar-refractivity contribution in [3.63, 3.8) is 0 Å². The standard InChI is InChI=1S/C41H37F3N4O2/c42-41(43,44)38-20-16-31(28-46-38)17-21-39(49)48(29-32-14-18-35(19-15-32)36-13-7-8-24-45-36)37(27-30-9-3-1-4-10-30)40(50)47-25-22-34(23-26-47)33-11-5-2-6-12-33/h1-21,24,28,34,37H,22-23,25-27,29H2/t37-/m0/s1. The molecule has 6 nitrogen and oxygen atoms in total. The van der Waals surface area contributed by atoms with Crippen LogP contribution in [-0.4, -0.2) is 50.7 Å². The molecule has 0 spiro atoms. The summed E-state index contributed by atoms with van der Waals surface area (Å²) < 4.78 is 39.3. The highest BCUT2D eigenvalue weighted by Crippen LogP contribution is 2.30. The number of hydrogen-bond acceptors (Lipinski definition) is 4. The number of benzene rings is 3. The largest absolute Gasteiger partial charge is 0.433 e. The van der Waals surface area contributed by atoms with Crippen LogP contribution in [0.15, 0.2) is 134 Å². The number of carbonyl (C=O) groups excluding carboxylic acids is 2. The molecule has 2 amide bonds. The molecule has 5 aromatic rings. The molecule has 0 bridgehead atoms. The Hall–Kier alpha value is -5.57. The van der Waals surface area contributed by atoms with Gasteiger partial charge in [-0.15, -0.1) is 0 Å². The van der Waals surface area contributed by atoms with Crippen molar-refractivity contribution in [1.82, 2.24) is 19.8 Å². The van der Waals surface area contributed by atoms with Crippen molar-refractivity contribution in [2.75, 3.05) is 13.1 Å². The molecule has 1 aliphatic heterocycles. The van der Waals surface area contributed by atoms with E-state index in [0.717, 1.165) is 47.5 Å². The average molecular weight is 675 g/mol. The van der Waals surface area contributed by atoms with Crippen molar-refractivity contribution in [2.24, 2.45) is 0 Å². The lowest BCUT2D eigenvalue weighted by Crippen LogP contribution is -2.53. The lowest BCUT2D eigenvalue weighted by molar-refractivity contribution is -0.145. The molecule has 3 heterocycles. The number of aromatic nitrogens is 2. The molecule has 50 heavy (non-hydrogen) atoms. The molecule has 254 valence electrons. The number of hydrogen-bond donors (Lipinski definition) is 0. The lowest BCUT2D eigenvalue weighted by Gasteiger charge is -2.38. The van der Waals surface area contributed by atoms with E-state index in [0.29, 0.717) is 31.0 Å². The van der Waals surface area contributed by atoms with Gasteiger partial charge in [-0.25, -0.2) is 0 Å². The zero-order valence-electron chi connectivity index (χ0n) is 27.4. The van der Waals surface area contributed by atoms with E-state index in [-0.39, 0.29) is 12.5 Å². The van der Waals surface area contributed by atoms with E-state index in [4.69, 9.17) is 0 Å². The fourth-order valence-electron chi connectivity index (χ4n) is 6.32. The molecule has 6 rings (SSSR count). The first-order valence-corrected chi connectivity index (χ1v) is 16.6. The zero-order valence-corrected chi connectivity index (χ0v) is 27.4. The number of alkyl halides is 3. The van der Waals surface area contributed by atoms with Gasteiger partial charge in [-0.3, -0.25) is 19.6 Å². The molecule has 1 fully saturated rings. The number of rotatable bonds is 10. The van der Waals surface area contributed by atoms with Crippen LogP contribution in [0.4, 0.5) is 13.2 Å². The van der Waals surface area contributed by atoms with Gasteiger partial charge in [0.25, 0.3) is 0 Å². The van der Waals surface area contributed by atoms with Crippen LogP contribution in [0.1, 0.15) is 46.7 Å². The van der Waals surface area contributed by atoms with E-state index in [2.05, 4.69) is 22.1 Å². The van der Waals surface area contributed by atoms with Crippen LogP contribution >= 0.6 is 0 Å². The third-order valence-electron chi connectivity index (χ3n) is 9.06. The van der Waals surface area contributed by atoms with Crippen LogP contribution in [0.2, 0.25) is 0 Å². The summed E-state index contributed by atoms with van der Waals surface area (Å²) in [5.41, 5.74) is 4.03. The fraction of sp³-hybridized carbons (Fsp3) is 0.220. The molecule has 3 aromatic carbocycles. The Morgan fingerprint density at radius 1 is 0.800 bits per heavy atom. The van der Waals surface area contributed by atoms with Gasteiger partial charge in [0.1, 0.15) is 11.7 Å². The average Bonchev–Trinajstić information content (AvgIpc) is 3.16. The summed E-state index contributed by atoms with van der Waals surface area (Å²) in [5, 5.41) is 0. The summed E-state index contributed by atoms with van der Waals surface area (Å²) in [7, 11) is 0. The van der Waals surface area contributed by atoms with Crippen LogP contribution in [0.25, 0.3) is 17.3 Å². The predicted molar refractivity (Wildman–Crippen MR) is 187 cm³/mol. The molecule has 0 N–H and O–H groups in total. The Morgan fingerprint density at radius 3 is 2.10 bits per heavy atom. The van der Waals surface area contributed by atoms with Crippen molar-refractivity contribution in [1.29, 1.82) is 0 Å². The number of likely N-dealkylation sites (tertiary alicyclic amines) is 1. The SMILES string of the molecule is O=C([C@H](Cc1ccccc1)N(Cc1ccc(-c2ccccn2)cc1)C(=O)C=Cc1ccc(C(F)(F)F)nc1)N1CCC(c2ccccc2)CC1. The van der Waals surface area contributed by atoms with E-state index < -0.39 is 23.8 Å². The molecule has 0 unspecified atom stereocenters. The van der Waals surface area contributed by atoms with Crippen molar-refractivity contribution in [3.8, 4) is 11.3 Å². The van der Waals surface area contributed by atoms with Gasteiger partial charge in [-0.1, -0.05) is 97.1 Å². The van der Waals surface area contributed by atoms with Gasteiger partial charge in [-0.2, -0.15) is 13.2 Å². The Balaban J connectivity index is 1.30. The summed E-state index contributed by atoms with van der Waals surface area (Å²) in [6, 6.07) is 34.6. The minimum absolute atomic E-state index is 0.136. The lowest BCUT2D eigenvalue weighted by atomic mass is 9.89. The number of amides is 2. The van der Waals surface area contributed by atoms with E-state index in [1.165, 1.54) is 23.8 Å². The van der Waals surface area contributed by atoms with Gasteiger partial charge < -0.3 is 9.80 Å². The molecule has 0 radical (unpaired) electrons. The van der Waals surface area contributed by atoms with Crippen LogP contribution < -0.4 is 0 Å². The van der Waals surface area contributed by atoms with E-state index >= 15 is 0 Å². The van der Waals surface area contributed by atoms with Gasteiger partial charge in [-0.05, 0) is 65.3 Å². The van der Waals surface area contributed by atoms with Crippen LogP contribution in [0.3, 0.4) is 0 Å². The summed E-state index contributed by atoms with van der Waals surface area (Å²) >= 11 is 0. The third-order valence-corrected chi connectivity index (χ3v) is 9.06. The summed E-state index contributed by atoms with van der Waals surface area (Å²) in [4.78, 5) is 40.0. The summed E-state index contributed by atoms with van der Waals surface area (Å²) in [5.74, 6) is -0.223. The topological polar surface area (TPSA) is 66.4 Å². The molecule has 1 atom stereocenters. The number of nitrogens with zero attached hydrogens (tertiary/aromatic N) is 4. The first kappa shape index (κ1) is 34.3. The predicted octanol–water partition coefficient (Wildman–Crippen LogP) is 8.22. The van der Waals surface area contributed by atoms with Gasteiger partial charge in [0.2, 0.25) is 11.8 Å². The molecular formula is C41H37F3N4O2. The highest BCUT2D eigenvalue weighted by atomic mass is 19.4. The normalized spacial score (nSPS) is 14.4. The highest BCUT2D eigenvalue weighted by molar-refractivity contribution is 5.95. The van der Waals surface area contributed by atoms with Crippen LogP contribution in [0, 0.1) is 0 Å². The van der Waals surface area contributed by atoms with Crippen molar-refractivity contribution in [2.45, 2.75) is 43.9 Å². The molecule has 1 aliphatic rings. The minimum Gasteiger partial charge on any atom is -0.341 e. The number of piperidine rings is 1. The second-order valence-electron chi connectivity index (χ2n) is 12.4. The molecule has 0 aliphatic carbocycles. The summed E-state index contributed by atoms with van der Waals surface area (Å²) in [6.07, 6.45) is 2.91. The maximum absolute atomic E-state index is 14.5. The second-order valence-corrected chi connectivity index (χ2v) is 12.4. The maximum atomic E-state index is 14.5. The van der Waals surface area contributed by atoms with Crippen molar-refractivity contribution in [3.05, 3.63) is 162 Å². The maximum Gasteiger partial charge on any atom is 0.433 e. The Labute approximate surface area is 289 Å². The zero-order chi connectivity index (χ0) is 34.9. The molecule has 1 saturated heterocycles. The molecule has 2 aromatic heterocycles. The quantitative estimate of drug-likeness (QED) is 0.140. The Morgan fingerprint density at radius 2 is 1.48 bits per heavy atom. The highest BCUT2D eigenvalue weighted by Gasteiger charge is 2.35. The van der Waals surface area contributed by atoms with Gasteiger partial charge >= 0.3 is 6.18 Å². The smallest absolute Gasteiger partial charge is 0.341 e. The number of carbonyl (C=O) groups is 2. The fourth-order valence-corrected chi connectivity index (χ4v) is 6.32. The van der Waals surface area contributed by atoms with E-state index in [9.17, 15) is 22.8 Å². The first-order chi connectivity index (χ1) is 24.2. The molecule has 0 saturated carbocycles. The molecule has 9 heteroatoms. The monoisotopic (exact) mass is 674 g/mol.